The molecular formula is C30H40ClFN4O2. The number of aliphatic carboxylic acids is 1. The van der Waals surface area contributed by atoms with Gasteiger partial charge < -0.3 is 10.0 Å². The lowest BCUT2D eigenvalue weighted by molar-refractivity contribution is -0.143. The van der Waals surface area contributed by atoms with Crippen LogP contribution in [0.15, 0.2) is 30.5 Å². The molecular weight excluding hydrogens is 503 g/mol. The number of carboxylic acids is 1. The number of hydrogen-bond acceptors (Lipinski definition) is 5. The first-order chi connectivity index (χ1) is 18.4. The lowest BCUT2D eigenvalue weighted by atomic mass is 9.87. The molecule has 3 fully saturated rings. The summed E-state index contributed by atoms with van der Waals surface area (Å²) in [5.41, 5.74) is 2.74. The molecule has 1 aromatic carbocycles. The van der Waals surface area contributed by atoms with E-state index in [1.165, 1.54) is 25.3 Å². The van der Waals surface area contributed by atoms with Gasteiger partial charge in [-0.15, -0.1) is 0 Å². The number of nitrogens with zero attached hydrogens (tertiary/aromatic N) is 4. The van der Waals surface area contributed by atoms with Crippen LogP contribution in [0.1, 0.15) is 67.8 Å². The summed E-state index contributed by atoms with van der Waals surface area (Å²) in [5, 5.41) is 10.5. The quantitative estimate of drug-likeness (QED) is 0.400. The summed E-state index contributed by atoms with van der Waals surface area (Å²) in [6.07, 6.45) is 10.3. The third kappa shape index (κ3) is 7.10. The topological polar surface area (TPSA) is 69.6 Å². The minimum Gasteiger partial charge on any atom is -0.480 e. The van der Waals surface area contributed by atoms with E-state index in [0.29, 0.717) is 29.5 Å². The molecule has 0 spiro atoms. The third-order valence-corrected chi connectivity index (χ3v) is 9.17. The Hall–Kier alpha value is -2.09. The Labute approximate surface area is 230 Å². The molecule has 1 aromatic heterocycles. The first-order valence-corrected chi connectivity index (χ1v) is 14.7. The van der Waals surface area contributed by atoms with Gasteiger partial charge in [0.25, 0.3) is 0 Å². The maximum Gasteiger partial charge on any atom is 0.320 e. The molecule has 1 aliphatic carbocycles. The molecule has 0 unspecified atom stereocenters. The molecule has 3 heterocycles. The van der Waals surface area contributed by atoms with Gasteiger partial charge >= 0.3 is 5.97 Å². The van der Waals surface area contributed by atoms with Crippen molar-refractivity contribution in [2.75, 3.05) is 32.7 Å². The van der Waals surface area contributed by atoms with E-state index in [-0.39, 0.29) is 11.7 Å². The fourth-order valence-corrected chi connectivity index (χ4v) is 6.80. The zero-order valence-corrected chi connectivity index (χ0v) is 23.1. The monoisotopic (exact) mass is 542 g/mol. The second-order valence-corrected chi connectivity index (χ2v) is 12.2. The average molecular weight is 543 g/mol. The van der Waals surface area contributed by atoms with Gasteiger partial charge in [0.05, 0.1) is 11.4 Å². The Bertz CT molecular complexity index is 1110. The van der Waals surface area contributed by atoms with Gasteiger partial charge in [-0.3, -0.25) is 14.7 Å². The number of likely N-dealkylation sites (tertiary alicyclic amines) is 2. The summed E-state index contributed by atoms with van der Waals surface area (Å²) < 4.78 is 14.1. The molecule has 3 aliphatic rings. The molecule has 6 nitrogen and oxygen atoms in total. The Morgan fingerprint density at radius 3 is 2.66 bits per heavy atom. The summed E-state index contributed by atoms with van der Waals surface area (Å²) in [7, 11) is 0. The molecule has 1 saturated carbocycles. The predicted molar refractivity (Wildman–Crippen MR) is 147 cm³/mol. The standard InChI is InChI=1S/C30H40ClFN4O2/c1-20-16-33-27(29(31)34-20)7-2-4-21-10-12-35(13-11-21)17-24-18-36(28(30(37)38)14-22-8-9-22)19-26(24)23-5-3-6-25(32)15-23/h3,5-6,15-16,21-22,24,26,28H,2,4,7-14,17-19H2,1H3,(H,37,38)/t24-,26+,28+/m0/s1. The van der Waals surface area contributed by atoms with E-state index in [4.69, 9.17) is 11.6 Å². The van der Waals surface area contributed by atoms with Crippen molar-refractivity contribution in [3.8, 4) is 0 Å². The molecule has 0 radical (unpaired) electrons. The third-order valence-electron chi connectivity index (χ3n) is 8.87. The van der Waals surface area contributed by atoms with Crippen molar-refractivity contribution in [3.63, 3.8) is 0 Å². The van der Waals surface area contributed by atoms with Crippen LogP contribution in [0, 0.1) is 30.5 Å². The number of rotatable bonds is 11. The number of halogens is 2. The van der Waals surface area contributed by atoms with Crippen molar-refractivity contribution in [1.82, 2.24) is 19.8 Å². The Morgan fingerprint density at radius 2 is 1.97 bits per heavy atom. The summed E-state index contributed by atoms with van der Waals surface area (Å²) in [6.45, 7) is 6.42. The Morgan fingerprint density at radius 1 is 1.18 bits per heavy atom. The van der Waals surface area contributed by atoms with Crippen LogP contribution in [0.4, 0.5) is 4.39 Å². The molecule has 0 amide bonds. The van der Waals surface area contributed by atoms with Crippen molar-refractivity contribution >= 4 is 17.6 Å². The largest absolute Gasteiger partial charge is 0.480 e. The highest BCUT2D eigenvalue weighted by Crippen LogP contribution is 2.39. The molecule has 38 heavy (non-hydrogen) atoms. The SMILES string of the molecule is Cc1cnc(CCCC2CCN(C[C@H]3CN([C@H](CC4CC4)C(=O)O)C[C@@H]3c3cccc(F)c3)CC2)c(Cl)n1. The summed E-state index contributed by atoms with van der Waals surface area (Å²) in [4.78, 5) is 25.6. The first-order valence-electron chi connectivity index (χ1n) is 14.3. The first kappa shape index (κ1) is 27.5. The van der Waals surface area contributed by atoms with Gasteiger partial charge in [0.1, 0.15) is 11.9 Å². The van der Waals surface area contributed by atoms with E-state index >= 15 is 0 Å². The number of aryl methyl sites for hydroxylation is 2. The predicted octanol–water partition coefficient (Wildman–Crippen LogP) is 5.58. The lowest BCUT2D eigenvalue weighted by Crippen LogP contribution is -2.41. The van der Waals surface area contributed by atoms with Crippen LogP contribution >= 0.6 is 11.6 Å². The van der Waals surface area contributed by atoms with Crippen LogP contribution in [0.25, 0.3) is 0 Å². The molecule has 206 valence electrons. The molecule has 1 N–H and O–H groups in total. The van der Waals surface area contributed by atoms with Gasteiger partial charge in [-0.2, -0.15) is 0 Å². The fourth-order valence-electron chi connectivity index (χ4n) is 6.52. The van der Waals surface area contributed by atoms with Gasteiger partial charge in [-0.05, 0) is 94.0 Å². The molecule has 8 heteroatoms. The van der Waals surface area contributed by atoms with Gasteiger partial charge in [0, 0.05) is 31.7 Å². The molecule has 5 rings (SSSR count). The van der Waals surface area contributed by atoms with Crippen molar-refractivity contribution in [2.24, 2.45) is 17.8 Å². The minimum atomic E-state index is -0.714. The highest BCUT2D eigenvalue weighted by Gasteiger charge is 2.42. The smallest absolute Gasteiger partial charge is 0.320 e. The highest BCUT2D eigenvalue weighted by molar-refractivity contribution is 6.30. The van der Waals surface area contributed by atoms with E-state index in [1.807, 2.05) is 13.0 Å². The Kier molecular flexibility index (Phi) is 8.96. The van der Waals surface area contributed by atoms with Gasteiger partial charge in [-0.1, -0.05) is 36.6 Å². The molecule has 2 saturated heterocycles. The zero-order valence-electron chi connectivity index (χ0n) is 22.4. The van der Waals surface area contributed by atoms with Crippen molar-refractivity contribution in [1.29, 1.82) is 0 Å². The van der Waals surface area contributed by atoms with Crippen LogP contribution in [-0.4, -0.2) is 69.6 Å². The van der Waals surface area contributed by atoms with E-state index in [2.05, 4.69) is 19.8 Å². The normalized spacial score (nSPS) is 24.1. The zero-order chi connectivity index (χ0) is 26.6. The maximum atomic E-state index is 14.1. The molecule has 2 aliphatic heterocycles. The van der Waals surface area contributed by atoms with E-state index in [1.54, 1.807) is 18.3 Å². The second kappa shape index (κ2) is 12.4. The number of carboxylic acid groups (broad SMARTS) is 1. The summed E-state index contributed by atoms with van der Waals surface area (Å²) in [5.74, 6) is 0.787. The Balaban J connectivity index is 1.16. The van der Waals surface area contributed by atoms with E-state index in [0.717, 1.165) is 75.2 Å². The average Bonchev–Trinajstić information content (AvgIpc) is 3.62. The summed E-state index contributed by atoms with van der Waals surface area (Å²) in [6, 6.07) is 6.50. The summed E-state index contributed by atoms with van der Waals surface area (Å²) >= 11 is 6.25. The lowest BCUT2D eigenvalue weighted by Gasteiger charge is -2.35. The fraction of sp³-hybridized carbons (Fsp3) is 0.633. The van der Waals surface area contributed by atoms with Crippen LogP contribution in [0.2, 0.25) is 5.15 Å². The second-order valence-electron chi connectivity index (χ2n) is 11.8. The van der Waals surface area contributed by atoms with Gasteiger partial charge in [0.2, 0.25) is 0 Å². The molecule has 3 atom stereocenters. The number of benzene rings is 1. The van der Waals surface area contributed by atoms with Gasteiger partial charge in [0.15, 0.2) is 5.15 Å². The number of piperidine rings is 1. The van der Waals surface area contributed by atoms with Crippen molar-refractivity contribution in [3.05, 3.63) is 58.4 Å². The minimum absolute atomic E-state index is 0.157. The maximum absolute atomic E-state index is 14.1. The highest BCUT2D eigenvalue weighted by atomic mass is 35.5. The van der Waals surface area contributed by atoms with Crippen LogP contribution in [0.3, 0.4) is 0 Å². The molecule has 0 bridgehead atoms. The van der Waals surface area contributed by atoms with Gasteiger partial charge in [-0.25, -0.2) is 9.37 Å². The number of hydrogen-bond donors (Lipinski definition) is 1. The van der Waals surface area contributed by atoms with E-state index < -0.39 is 12.0 Å². The van der Waals surface area contributed by atoms with E-state index in [9.17, 15) is 14.3 Å². The number of carbonyl (C=O) groups is 1. The van der Waals surface area contributed by atoms with Crippen molar-refractivity contribution < 1.29 is 14.3 Å². The van der Waals surface area contributed by atoms with Crippen LogP contribution in [-0.2, 0) is 11.2 Å². The molecule has 2 aromatic rings. The number of aromatic nitrogens is 2. The van der Waals surface area contributed by atoms with Crippen LogP contribution < -0.4 is 0 Å². The van der Waals surface area contributed by atoms with Crippen molar-refractivity contribution in [2.45, 2.75) is 70.3 Å². The van der Waals surface area contributed by atoms with Crippen LogP contribution in [0.5, 0.6) is 0 Å².